The van der Waals surface area contributed by atoms with Gasteiger partial charge in [0.25, 0.3) is 6.29 Å². The molecule has 0 saturated carbocycles. The molecule has 0 saturated heterocycles. The zero-order chi connectivity index (χ0) is 56.2. The maximum atomic E-state index is 12.9. The topological polar surface area (TPSA) is 108 Å². The number of rotatable bonds is 53. The van der Waals surface area contributed by atoms with Crippen molar-refractivity contribution >= 4 is 17.9 Å². The van der Waals surface area contributed by atoms with Crippen LogP contribution in [0.4, 0.5) is 0 Å². The second-order valence-electron chi connectivity index (χ2n) is 20.5. The number of esters is 2. The number of carbonyl (C=O) groups is 3. The van der Waals surface area contributed by atoms with Gasteiger partial charge in [0.05, 0.1) is 34.4 Å². The van der Waals surface area contributed by atoms with E-state index in [0.717, 1.165) is 148 Å². The summed E-state index contributed by atoms with van der Waals surface area (Å²) in [6, 6.07) is 0. The van der Waals surface area contributed by atoms with Crippen LogP contribution in [0.1, 0.15) is 206 Å². The predicted molar refractivity (Wildman–Crippen MR) is 327 cm³/mol. The van der Waals surface area contributed by atoms with Crippen LogP contribution in [0.5, 0.6) is 0 Å². The number of carbonyl (C=O) groups excluding carboxylic acids is 2. The molecule has 0 radical (unpaired) electrons. The van der Waals surface area contributed by atoms with Crippen molar-refractivity contribution in [3.63, 3.8) is 0 Å². The normalized spacial score (nSPS) is 13.8. The molecular formula is C68H110NO8+. The van der Waals surface area contributed by atoms with Crippen LogP contribution in [-0.4, -0.2) is 87.4 Å². The average molecular weight is 1070 g/mol. The quantitative estimate of drug-likeness (QED) is 0.0211. The summed E-state index contributed by atoms with van der Waals surface area (Å²) in [5.41, 5.74) is 0. The Morgan fingerprint density at radius 2 is 0.701 bits per heavy atom. The number of unbranched alkanes of at least 4 members (excludes halogenated alkanes) is 14. The maximum absolute atomic E-state index is 12.9. The smallest absolute Gasteiger partial charge is 0.361 e. The average Bonchev–Trinajstić information content (AvgIpc) is 3.40. The predicted octanol–water partition coefficient (Wildman–Crippen LogP) is 18.0. The first-order valence-corrected chi connectivity index (χ1v) is 30.0. The summed E-state index contributed by atoms with van der Waals surface area (Å²) in [7, 11) is 5.95. The summed E-state index contributed by atoms with van der Waals surface area (Å²) in [6.45, 7) is 4.60. The van der Waals surface area contributed by atoms with Crippen LogP contribution >= 0.6 is 0 Å². The van der Waals surface area contributed by atoms with E-state index in [4.69, 9.17) is 18.9 Å². The van der Waals surface area contributed by atoms with E-state index < -0.39 is 24.3 Å². The number of hydrogen-bond donors (Lipinski definition) is 1. The molecule has 0 fully saturated rings. The lowest BCUT2D eigenvalue weighted by atomic mass is 10.1. The summed E-state index contributed by atoms with van der Waals surface area (Å²) < 4.78 is 22.9. The first-order valence-electron chi connectivity index (χ1n) is 30.0. The highest BCUT2D eigenvalue weighted by molar-refractivity contribution is 5.71. The lowest BCUT2D eigenvalue weighted by Gasteiger charge is -2.25. The molecule has 0 aromatic carbocycles. The number of nitrogens with zero attached hydrogens (tertiary/aromatic N) is 1. The zero-order valence-corrected chi connectivity index (χ0v) is 49.3. The number of likely N-dealkylation sites (N-methyl/N-ethyl adjacent to an activating group) is 1. The van der Waals surface area contributed by atoms with Gasteiger partial charge in [-0.15, -0.1) is 0 Å². The lowest BCUT2D eigenvalue weighted by molar-refractivity contribution is -0.870. The molecule has 77 heavy (non-hydrogen) atoms. The van der Waals surface area contributed by atoms with Crippen molar-refractivity contribution in [3.8, 4) is 0 Å². The summed E-state index contributed by atoms with van der Waals surface area (Å²) in [5, 5.41) is 9.72. The minimum Gasteiger partial charge on any atom is -0.477 e. The zero-order valence-electron chi connectivity index (χ0n) is 49.3. The lowest BCUT2D eigenvalue weighted by Crippen LogP contribution is -2.40. The Bertz CT molecular complexity index is 1770. The van der Waals surface area contributed by atoms with Crippen molar-refractivity contribution in [2.24, 2.45) is 0 Å². The number of allylic oxidation sites excluding steroid dienone is 24. The first-order chi connectivity index (χ1) is 37.6. The third-order valence-electron chi connectivity index (χ3n) is 12.1. The number of carboxylic acid groups (broad SMARTS) is 1. The SMILES string of the molecule is CC/C=C\C/C=C\C/C=C\C/C=C\C/C=C\C/C=C\CCCCCCCCCCC(=O)OC(COC(=O)CCCCCCCC/C=C\C/C=C\C/C=C\C/C=C\C/C=C\C/C=C\CC)COC(OCC[N+](C)(C)C)C(=O)O. The number of carboxylic acids is 1. The molecule has 0 spiro atoms. The van der Waals surface area contributed by atoms with E-state index in [1.807, 2.05) is 21.1 Å². The molecule has 2 unspecified atom stereocenters. The largest absolute Gasteiger partial charge is 0.477 e. The number of ether oxygens (including phenoxy) is 4. The fraction of sp³-hybridized carbons (Fsp3) is 0.603. The fourth-order valence-electron chi connectivity index (χ4n) is 7.55. The molecule has 0 aromatic heterocycles. The van der Waals surface area contributed by atoms with Crippen LogP contribution in [0.3, 0.4) is 0 Å². The Balaban J connectivity index is 4.33. The fourth-order valence-corrected chi connectivity index (χ4v) is 7.55. The van der Waals surface area contributed by atoms with Gasteiger partial charge < -0.3 is 28.5 Å². The van der Waals surface area contributed by atoms with E-state index in [1.54, 1.807) is 0 Å². The van der Waals surface area contributed by atoms with Gasteiger partial charge in [-0.2, -0.15) is 0 Å². The molecule has 0 bridgehead atoms. The molecule has 0 aromatic rings. The van der Waals surface area contributed by atoms with Gasteiger partial charge >= 0.3 is 17.9 Å². The van der Waals surface area contributed by atoms with Gasteiger partial charge in [-0.25, -0.2) is 4.79 Å². The van der Waals surface area contributed by atoms with E-state index >= 15 is 0 Å². The van der Waals surface area contributed by atoms with Gasteiger partial charge in [-0.3, -0.25) is 9.59 Å². The van der Waals surface area contributed by atoms with Crippen LogP contribution in [0.25, 0.3) is 0 Å². The van der Waals surface area contributed by atoms with Crippen LogP contribution in [0.2, 0.25) is 0 Å². The molecule has 2 atom stereocenters. The number of hydrogen-bond acceptors (Lipinski definition) is 7. The second-order valence-corrected chi connectivity index (χ2v) is 20.5. The second kappa shape index (κ2) is 57.3. The minimum atomic E-state index is -1.53. The Kier molecular flexibility index (Phi) is 53.8. The highest BCUT2D eigenvalue weighted by Gasteiger charge is 2.25. The van der Waals surface area contributed by atoms with Crippen molar-refractivity contribution in [3.05, 3.63) is 146 Å². The van der Waals surface area contributed by atoms with E-state index in [9.17, 15) is 19.5 Å². The molecule has 9 heteroatoms. The van der Waals surface area contributed by atoms with E-state index in [-0.39, 0.29) is 38.6 Å². The third-order valence-corrected chi connectivity index (χ3v) is 12.1. The Hall–Kier alpha value is -4.83. The van der Waals surface area contributed by atoms with E-state index in [2.05, 4.69) is 160 Å². The van der Waals surface area contributed by atoms with Gasteiger partial charge in [-0.1, -0.05) is 224 Å². The summed E-state index contributed by atoms with van der Waals surface area (Å²) >= 11 is 0. The molecule has 0 rings (SSSR count). The van der Waals surface area contributed by atoms with Crippen LogP contribution < -0.4 is 0 Å². The molecule has 0 aliphatic rings. The Morgan fingerprint density at radius 3 is 1.04 bits per heavy atom. The molecular weight excluding hydrogens is 959 g/mol. The van der Waals surface area contributed by atoms with Crippen LogP contribution in [-0.2, 0) is 33.3 Å². The minimum absolute atomic E-state index is 0.174. The molecule has 0 heterocycles. The van der Waals surface area contributed by atoms with E-state index in [1.165, 1.54) is 25.7 Å². The van der Waals surface area contributed by atoms with Crippen molar-refractivity contribution in [2.45, 2.75) is 219 Å². The monoisotopic (exact) mass is 1070 g/mol. The summed E-state index contributed by atoms with van der Waals surface area (Å²) in [6.07, 6.45) is 80.6. The standard InChI is InChI=1S/C68H109NO8/c1-6-8-10-12-14-16-18-20-22-24-26-28-30-32-33-35-37-39-41-43-45-47-49-51-53-55-57-59-66(71)77-64(63-76-68(67(72)73)74-61-60-69(3,4)5)62-75-65(70)58-56-54-52-50-48-46-44-42-40-38-36-34-31-29-27-25-23-21-19-17-15-13-11-9-7-2/h8-11,14-17,20-23,26-29,32-34,36-37,39-40,42,64,68H,6-7,12-13,18-19,24-25,30-31,35,38,41,43-63H2,1-5H3/p+1/b10-8-,11-9-,16-14-,17-15-,22-20-,23-21-,28-26-,29-27-,33-32-,36-34-,39-37-,42-40-. The van der Waals surface area contributed by atoms with Crippen LogP contribution in [0.15, 0.2) is 146 Å². The molecule has 0 aliphatic heterocycles. The van der Waals surface area contributed by atoms with Crippen molar-refractivity contribution in [2.75, 3.05) is 47.5 Å². The highest BCUT2D eigenvalue weighted by Crippen LogP contribution is 2.14. The Morgan fingerprint density at radius 1 is 0.390 bits per heavy atom. The third kappa shape index (κ3) is 58.7. The van der Waals surface area contributed by atoms with Crippen molar-refractivity contribution in [1.29, 1.82) is 0 Å². The van der Waals surface area contributed by atoms with Crippen molar-refractivity contribution in [1.82, 2.24) is 0 Å². The summed E-state index contributed by atoms with van der Waals surface area (Å²) in [5.74, 6) is -2.05. The first kappa shape index (κ1) is 72.2. The number of quaternary nitrogens is 1. The number of aliphatic carboxylic acids is 1. The maximum Gasteiger partial charge on any atom is 0.361 e. The molecule has 434 valence electrons. The highest BCUT2D eigenvalue weighted by atomic mass is 16.7. The van der Waals surface area contributed by atoms with Gasteiger partial charge in [-0.05, 0) is 116 Å². The Labute approximate surface area is 471 Å². The molecule has 0 aliphatic carbocycles. The van der Waals surface area contributed by atoms with Crippen LogP contribution in [0, 0.1) is 0 Å². The molecule has 9 nitrogen and oxygen atoms in total. The molecule has 1 N–H and O–H groups in total. The summed E-state index contributed by atoms with van der Waals surface area (Å²) in [4.78, 5) is 37.5. The van der Waals surface area contributed by atoms with Gasteiger partial charge in [0, 0.05) is 12.8 Å². The van der Waals surface area contributed by atoms with Gasteiger partial charge in [0.2, 0.25) is 0 Å². The van der Waals surface area contributed by atoms with Gasteiger partial charge in [0.1, 0.15) is 13.2 Å². The van der Waals surface area contributed by atoms with Gasteiger partial charge in [0.15, 0.2) is 6.10 Å². The van der Waals surface area contributed by atoms with Crippen molar-refractivity contribution < 1.29 is 42.9 Å². The van der Waals surface area contributed by atoms with E-state index in [0.29, 0.717) is 17.4 Å². The molecule has 0 amide bonds.